The van der Waals surface area contributed by atoms with Gasteiger partial charge in [-0.05, 0) is 96.3 Å². The summed E-state index contributed by atoms with van der Waals surface area (Å²) in [5.41, 5.74) is 0. The maximum Gasteiger partial charge on any atom is 0.472 e. The van der Waals surface area contributed by atoms with Crippen molar-refractivity contribution >= 4 is 27.6 Å². The molecule has 0 aliphatic carbocycles. The maximum absolute atomic E-state index is 12.7. The van der Waals surface area contributed by atoms with Crippen molar-refractivity contribution in [1.29, 1.82) is 0 Å². The van der Waals surface area contributed by atoms with E-state index in [9.17, 15) is 28.7 Å². The molecule has 4 N–H and O–H groups in total. The Morgan fingerprint density at radius 2 is 0.969 bits per heavy atom. The molecule has 3 unspecified atom stereocenters. The van der Waals surface area contributed by atoms with E-state index in [0.29, 0.717) is 19.3 Å². The van der Waals surface area contributed by atoms with E-state index in [-0.39, 0.29) is 25.0 Å². The molecule has 0 saturated carbocycles. The van der Waals surface area contributed by atoms with Crippen molar-refractivity contribution in [3.63, 3.8) is 0 Å². The molecule has 1 aliphatic rings. The van der Waals surface area contributed by atoms with Crippen LogP contribution in [0.25, 0.3) is 0 Å². The molecule has 0 aromatic heterocycles. The first kappa shape index (κ1) is 59.3. The molecule has 0 aromatic carbocycles. The zero-order valence-corrected chi connectivity index (χ0v) is 40.3. The van der Waals surface area contributed by atoms with Crippen LogP contribution in [-0.4, -0.2) is 82.6 Å². The number of unbranched alkanes of at least 4 members (excludes halogenated alkanes) is 10. The fourth-order valence-electron chi connectivity index (χ4n) is 5.95. The Bertz CT molecular complexity index is 1510. The SMILES string of the molecule is CCCCC/C=C\C/C=C\C/C=C\C/C=C\CCCCCC(=O)OC[C@H](COP(=O)(O)OC[C@@H](O)COP(=O)(O)O)OC(=O)CCC/C=C\CC1OC1C/C=C\C/C=C\CCCCC. The lowest BCUT2D eigenvalue weighted by Gasteiger charge is -2.20. The van der Waals surface area contributed by atoms with Crippen LogP contribution in [0.2, 0.25) is 0 Å². The van der Waals surface area contributed by atoms with Crippen molar-refractivity contribution < 1.29 is 66.3 Å². The van der Waals surface area contributed by atoms with Crippen LogP contribution in [0.5, 0.6) is 0 Å². The van der Waals surface area contributed by atoms with E-state index in [1.807, 2.05) is 12.2 Å². The zero-order chi connectivity index (χ0) is 47.0. The molecule has 14 nitrogen and oxygen atoms in total. The van der Waals surface area contributed by atoms with Gasteiger partial charge in [0.05, 0.1) is 32.0 Å². The van der Waals surface area contributed by atoms with Crippen LogP contribution >= 0.6 is 15.6 Å². The molecule has 0 spiro atoms. The van der Waals surface area contributed by atoms with Gasteiger partial charge >= 0.3 is 27.6 Å². The van der Waals surface area contributed by atoms with Crippen molar-refractivity contribution in [2.75, 3.05) is 26.4 Å². The standard InChI is InChI=1S/C48H80O14P2/c1-3-5-7-9-11-13-14-15-16-17-18-19-20-21-22-24-26-28-33-37-47(50)57-41-44(42-60-64(55,56)59-40-43(49)39-58-63(52,53)54)61-48(51)38-34-30-29-32-36-46-45(62-46)35-31-27-25-23-12-10-8-6-4-2/h11-13,15-16,18-19,21-23,27,29,31-32,43-46,49H,3-10,14,17,20,24-26,28,30,33-42H2,1-2H3,(H,55,56)(H2,52,53,54)/b13-11-,16-15-,19-18-,22-21-,23-12-,31-27-,32-29-/t43-,44+,45?,46?/m0/s1. The molecule has 5 atom stereocenters. The highest BCUT2D eigenvalue weighted by atomic mass is 31.2. The van der Waals surface area contributed by atoms with Gasteiger partial charge in [-0.15, -0.1) is 0 Å². The first-order valence-corrected chi connectivity index (χ1v) is 26.4. The largest absolute Gasteiger partial charge is 0.472 e. The Balaban J connectivity index is 2.42. The lowest BCUT2D eigenvalue weighted by Crippen LogP contribution is -2.29. The summed E-state index contributed by atoms with van der Waals surface area (Å²) in [6.07, 6.45) is 47.4. The molecule has 1 fully saturated rings. The fraction of sp³-hybridized carbons (Fsp3) is 0.667. The number of hydrogen-bond acceptors (Lipinski definition) is 11. The van der Waals surface area contributed by atoms with Crippen molar-refractivity contribution in [2.45, 2.75) is 180 Å². The number of allylic oxidation sites excluding steroid dienone is 12. The van der Waals surface area contributed by atoms with E-state index in [2.05, 4.69) is 95.8 Å². The first-order chi connectivity index (χ1) is 30.8. The molecule has 64 heavy (non-hydrogen) atoms. The summed E-state index contributed by atoms with van der Waals surface area (Å²) in [5, 5.41) is 9.77. The number of aliphatic hydroxyl groups is 1. The minimum absolute atomic E-state index is 0.0354. The number of carbonyl (C=O) groups is 2. The molecule has 1 heterocycles. The number of esters is 2. The molecule has 366 valence electrons. The Hall–Kier alpha value is -2.74. The highest BCUT2D eigenvalue weighted by molar-refractivity contribution is 7.47. The predicted molar refractivity (Wildman–Crippen MR) is 252 cm³/mol. The average Bonchev–Trinajstić information content (AvgIpc) is 4.02. The number of phosphoric ester groups is 2. The van der Waals surface area contributed by atoms with Crippen molar-refractivity contribution in [3.05, 3.63) is 85.1 Å². The van der Waals surface area contributed by atoms with Gasteiger partial charge in [0.25, 0.3) is 0 Å². The minimum Gasteiger partial charge on any atom is -0.462 e. The Kier molecular flexibility index (Phi) is 36.5. The predicted octanol–water partition coefficient (Wildman–Crippen LogP) is 11.3. The average molecular weight is 943 g/mol. The normalized spacial score (nSPS) is 17.8. The minimum atomic E-state index is -4.88. The smallest absolute Gasteiger partial charge is 0.462 e. The lowest BCUT2D eigenvalue weighted by atomic mass is 10.1. The molecule has 0 bridgehead atoms. The summed E-state index contributed by atoms with van der Waals surface area (Å²) in [4.78, 5) is 52.8. The fourth-order valence-corrected chi connectivity index (χ4v) is 7.11. The summed E-state index contributed by atoms with van der Waals surface area (Å²) >= 11 is 0. The second kappa shape index (κ2) is 39.4. The van der Waals surface area contributed by atoms with Crippen LogP contribution < -0.4 is 0 Å². The lowest BCUT2D eigenvalue weighted by molar-refractivity contribution is -0.161. The highest BCUT2D eigenvalue weighted by Crippen LogP contribution is 2.44. The van der Waals surface area contributed by atoms with E-state index in [0.717, 1.165) is 70.6 Å². The van der Waals surface area contributed by atoms with Crippen LogP contribution in [0, 0.1) is 0 Å². The van der Waals surface area contributed by atoms with Gasteiger partial charge < -0.3 is 34.0 Å². The Labute approximate surface area is 383 Å². The van der Waals surface area contributed by atoms with Gasteiger partial charge in [0.2, 0.25) is 0 Å². The van der Waals surface area contributed by atoms with Crippen molar-refractivity contribution in [2.24, 2.45) is 0 Å². The Morgan fingerprint density at radius 3 is 1.52 bits per heavy atom. The third-order valence-corrected chi connectivity index (χ3v) is 11.1. The van der Waals surface area contributed by atoms with E-state index >= 15 is 0 Å². The molecule has 0 amide bonds. The molecular weight excluding hydrogens is 862 g/mol. The van der Waals surface area contributed by atoms with Gasteiger partial charge in [-0.2, -0.15) is 0 Å². The molecule has 16 heteroatoms. The highest BCUT2D eigenvalue weighted by Gasteiger charge is 2.36. The number of aliphatic hydroxyl groups excluding tert-OH is 1. The number of phosphoric acid groups is 2. The molecule has 1 saturated heterocycles. The summed E-state index contributed by atoms with van der Waals surface area (Å²) < 4.78 is 53.6. The van der Waals surface area contributed by atoms with Gasteiger partial charge in [-0.3, -0.25) is 23.2 Å². The van der Waals surface area contributed by atoms with Crippen LogP contribution in [0.4, 0.5) is 0 Å². The van der Waals surface area contributed by atoms with E-state index < -0.39 is 66.2 Å². The van der Waals surface area contributed by atoms with Gasteiger partial charge in [0, 0.05) is 12.8 Å². The summed E-state index contributed by atoms with van der Waals surface area (Å²) in [6, 6.07) is 0. The Morgan fingerprint density at radius 1 is 0.531 bits per heavy atom. The van der Waals surface area contributed by atoms with Gasteiger partial charge in [-0.25, -0.2) is 9.13 Å². The number of hydrogen-bond donors (Lipinski definition) is 4. The van der Waals surface area contributed by atoms with Crippen molar-refractivity contribution in [3.8, 4) is 0 Å². The van der Waals surface area contributed by atoms with Gasteiger partial charge in [-0.1, -0.05) is 131 Å². The second-order valence-electron chi connectivity index (χ2n) is 15.7. The van der Waals surface area contributed by atoms with Crippen LogP contribution in [0.3, 0.4) is 0 Å². The third kappa shape index (κ3) is 39.6. The number of ether oxygens (including phenoxy) is 3. The van der Waals surface area contributed by atoms with Crippen LogP contribution in [-0.2, 0) is 46.5 Å². The van der Waals surface area contributed by atoms with E-state index in [1.54, 1.807) is 0 Å². The molecule has 1 rings (SSSR count). The molecular formula is C48H80O14P2. The topological polar surface area (TPSA) is 208 Å². The number of epoxide rings is 1. The second-order valence-corrected chi connectivity index (χ2v) is 18.4. The van der Waals surface area contributed by atoms with Gasteiger partial charge in [0.15, 0.2) is 6.10 Å². The summed E-state index contributed by atoms with van der Waals surface area (Å²) in [6.45, 7) is 1.58. The maximum atomic E-state index is 12.7. The molecule has 0 radical (unpaired) electrons. The first-order valence-electron chi connectivity index (χ1n) is 23.4. The van der Waals surface area contributed by atoms with E-state index in [4.69, 9.17) is 28.5 Å². The zero-order valence-electron chi connectivity index (χ0n) is 38.5. The number of rotatable bonds is 42. The number of carbonyl (C=O) groups excluding carboxylic acids is 2. The summed E-state index contributed by atoms with van der Waals surface area (Å²) in [5.74, 6) is -1.15. The quantitative estimate of drug-likeness (QED) is 0.0148. The van der Waals surface area contributed by atoms with Gasteiger partial charge in [0.1, 0.15) is 12.7 Å². The van der Waals surface area contributed by atoms with Crippen LogP contribution in [0.1, 0.15) is 155 Å². The molecule has 0 aromatic rings. The third-order valence-electron chi connectivity index (χ3n) is 9.65. The summed E-state index contributed by atoms with van der Waals surface area (Å²) in [7, 11) is -9.72. The molecule has 1 aliphatic heterocycles. The monoisotopic (exact) mass is 943 g/mol. The van der Waals surface area contributed by atoms with E-state index in [1.165, 1.54) is 38.5 Å². The van der Waals surface area contributed by atoms with Crippen molar-refractivity contribution in [1.82, 2.24) is 0 Å². The van der Waals surface area contributed by atoms with Crippen LogP contribution in [0.15, 0.2) is 85.1 Å².